The molecule has 112 valence electrons. The summed E-state index contributed by atoms with van der Waals surface area (Å²) in [5, 5.41) is 3.15. The molecule has 21 heavy (non-hydrogen) atoms. The maximum absolute atomic E-state index is 13.7. The van der Waals surface area contributed by atoms with Gasteiger partial charge >= 0.3 is 0 Å². The Balaban J connectivity index is 2.79. The van der Waals surface area contributed by atoms with Crippen molar-refractivity contribution in [3.05, 3.63) is 64.5 Å². The van der Waals surface area contributed by atoms with Crippen molar-refractivity contribution >= 4 is 23.6 Å². The van der Waals surface area contributed by atoms with E-state index < -0.39 is 5.82 Å². The minimum atomic E-state index is -0.456. The molecule has 0 radical (unpaired) electrons. The van der Waals surface area contributed by atoms with Crippen LogP contribution in [0.5, 0.6) is 0 Å². The molecule has 0 heterocycles. The highest BCUT2D eigenvalue weighted by atomic mass is 35.5. The highest BCUT2D eigenvalue weighted by Gasteiger charge is 2.08. The molecule has 1 rings (SSSR count). The summed E-state index contributed by atoms with van der Waals surface area (Å²) in [6.45, 7) is 9.20. The molecule has 1 atom stereocenters. The molecule has 2 nitrogen and oxygen atoms in total. The number of nitrogens with one attached hydrogen (secondary N) is 1. The summed E-state index contributed by atoms with van der Waals surface area (Å²) in [5.41, 5.74) is 2.01. The van der Waals surface area contributed by atoms with Crippen molar-refractivity contribution in [3.63, 3.8) is 0 Å². The van der Waals surface area contributed by atoms with Gasteiger partial charge in [0.15, 0.2) is 0 Å². The van der Waals surface area contributed by atoms with E-state index >= 15 is 0 Å². The van der Waals surface area contributed by atoms with Crippen molar-refractivity contribution in [2.75, 3.05) is 0 Å². The van der Waals surface area contributed by atoms with E-state index in [9.17, 15) is 9.18 Å². The second-order valence-corrected chi connectivity index (χ2v) is 5.09. The van der Waals surface area contributed by atoms with Crippen LogP contribution in [0, 0.1) is 12.7 Å². The van der Waals surface area contributed by atoms with Crippen molar-refractivity contribution in [1.82, 2.24) is 5.32 Å². The molecule has 1 unspecified atom stereocenters. The number of halogens is 2. The Bertz CT molecular complexity index is 605. The standard InChI is InChI=1S/C17H19ClFNO/c1-5-13(6-2)12(4)20-17(21)8-7-14-9-11(3)15(18)10-16(14)19/h5-10,12H,1H2,2-4H3,(H,20,21)/b8-7+,13-6+. The van der Waals surface area contributed by atoms with Crippen LogP contribution in [0.2, 0.25) is 5.02 Å². The zero-order valence-electron chi connectivity index (χ0n) is 12.4. The lowest BCUT2D eigenvalue weighted by molar-refractivity contribution is -0.116. The molecule has 0 aliphatic carbocycles. The van der Waals surface area contributed by atoms with Crippen LogP contribution in [-0.4, -0.2) is 11.9 Å². The normalized spacial score (nSPS) is 13.3. The highest BCUT2D eigenvalue weighted by Crippen LogP contribution is 2.20. The fraction of sp³-hybridized carbons (Fsp3) is 0.235. The summed E-state index contributed by atoms with van der Waals surface area (Å²) >= 11 is 5.83. The lowest BCUT2D eigenvalue weighted by Gasteiger charge is -2.13. The summed E-state index contributed by atoms with van der Waals surface area (Å²) < 4.78 is 13.7. The van der Waals surface area contributed by atoms with Gasteiger partial charge in [0, 0.05) is 16.7 Å². The van der Waals surface area contributed by atoms with Crippen molar-refractivity contribution in [2.24, 2.45) is 0 Å². The van der Waals surface area contributed by atoms with Crippen LogP contribution in [0.25, 0.3) is 6.08 Å². The Hall–Kier alpha value is -1.87. The van der Waals surface area contributed by atoms with Crippen molar-refractivity contribution in [1.29, 1.82) is 0 Å². The third-order valence-corrected chi connectivity index (χ3v) is 3.53. The number of carbonyl (C=O) groups excluding carboxylic acids is 1. The molecular formula is C17H19ClFNO. The number of benzene rings is 1. The molecule has 1 amide bonds. The van der Waals surface area contributed by atoms with E-state index in [1.807, 2.05) is 19.9 Å². The minimum absolute atomic E-state index is 0.151. The van der Waals surface area contributed by atoms with E-state index in [1.165, 1.54) is 18.2 Å². The van der Waals surface area contributed by atoms with Crippen molar-refractivity contribution in [3.8, 4) is 0 Å². The molecule has 0 saturated carbocycles. The quantitative estimate of drug-likeness (QED) is 0.632. The molecule has 0 aliphatic heterocycles. The largest absolute Gasteiger partial charge is 0.346 e. The summed E-state index contributed by atoms with van der Waals surface area (Å²) in [5.74, 6) is -0.751. The molecule has 0 aromatic heterocycles. The van der Waals surface area contributed by atoms with Gasteiger partial charge in [0.05, 0.1) is 6.04 Å². The monoisotopic (exact) mass is 307 g/mol. The first-order valence-corrected chi connectivity index (χ1v) is 6.99. The molecule has 4 heteroatoms. The second-order valence-electron chi connectivity index (χ2n) is 4.68. The van der Waals surface area contributed by atoms with Gasteiger partial charge in [-0.1, -0.05) is 30.3 Å². The predicted molar refractivity (Wildman–Crippen MR) is 86.7 cm³/mol. The van der Waals surface area contributed by atoms with Gasteiger partial charge in [-0.3, -0.25) is 4.79 Å². The molecule has 1 aromatic carbocycles. The Morgan fingerprint density at radius 3 is 2.71 bits per heavy atom. The van der Waals surface area contributed by atoms with Gasteiger partial charge in [-0.25, -0.2) is 4.39 Å². The first kappa shape index (κ1) is 17.2. The lowest BCUT2D eigenvalue weighted by atomic mass is 10.1. The zero-order chi connectivity index (χ0) is 16.0. The fourth-order valence-electron chi connectivity index (χ4n) is 1.86. The van der Waals surface area contributed by atoms with Gasteiger partial charge in [0.25, 0.3) is 0 Å². The van der Waals surface area contributed by atoms with Crippen LogP contribution in [0.3, 0.4) is 0 Å². The second kappa shape index (κ2) is 7.79. The Morgan fingerprint density at radius 2 is 2.14 bits per heavy atom. The smallest absolute Gasteiger partial charge is 0.244 e. The average Bonchev–Trinajstić information content (AvgIpc) is 2.42. The molecule has 1 aromatic rings. The molecule has 0 aliphatic rings. The van der Waals surface area contributed by atoms with E-state index in [-0.39, 0.29) is 11.9 Å². The van der Waals surface area contributed by atoms with E-state index in [2.05, 4.69) is 11.9 Å². The molecule has 0 saturated heterocycles. The summed E-state index contributed by atoms with van der Waals surface area (Å²) in [6, 6.07) is 2.69. The average molecular weight is 308 g/mol. The summed E-state index contributed by atoms with van der Waals surface area (Å²) in [6.07, 6.45) is 6.31. The maximum Gasteiger partial charge on any atom is 0.244 e. The van der Waals surface area contributed by atoms with Crippen molar-refractivity contribution in [2.45, 2.75) is 26.8 Å². The van der Waals surface area contributed by atoms with Gasteiger partial charge in [-0.2, -0.15) is 0 Å². The van der Waals surface area contributed by atoms with Crippen LogP contribution in [-0.2, 0) is 4.79 Å². The van der Waals surface area contributed by atoms with Crippen LogP contribution in [0.15, 0.2) is 42.5 Å². The SMILES string of the molecule is C=C/C(=C\C)C(C)NC(=O)/C=C/c1cc(C)c(Cl)cc1F. The molecule has 0 spiro atoms. The predicted octanol–water partition coefficient (Wildman–Crippen LogP) is 4.44. The van der Waals surface area contributed by atoms with Crippen molar-refractivity contribution < 1.29 is 9.18 Å². The minimum Gasteiger partial charge on any atom is -0.346 e. The van der Waals surface area contributed by atoms with Gasteiger partial charge in [0.1, 0.15) is 5.82 Å². The van der Waals surface area contributed by atoms with Gasteiger partial charge in [0.2, 0.25) is 5.91 Å². The molecule has 0 fully saturated rings. The molecular weight excluding hydrogens is 289 g/mol. The summed E-state index contributed by atoms with van der Waals surface area (Å²) in [4.78, 5) is 11.8. The van der Waals surface area contributed by atoms with Crippen LogP contribution in [0.1, 0.15) is 25.0 Å². The highest BCUT2D eigenvalue weighted by molar-refractivity contribution is 6.31. The number of allylic oxidation sites excluding steroid dienone is 1. The van der Waals surface area contributed by atoms with E-state index in [0.717, 1.165) is 11.1 Å². The number of carbonyl (C=O) groups is 1. The third kappa shape index (κ3) is 4.87. The van der Waals surface area contributed by atoms with E-state index in [1.54, 1.807) is 19.1 Å². The lowest BCUT2D eigenvalue weighted by Crippen LogP contribution is -2.32. The van der Waals surface area contributed by atoms with Crippen LogP contribution >= 0.6 is 11.6 Å². The number of hydrogen-bond acceptors (Lipinski definition) is 1. The maximum atomic E-state index is 13.7. The van der Waals surface area contributed by atoms with Gasteiger partial charge in [-0.05, 0) is 50.1 Å². The topological polar surface area (TPSA) is 29.1 Å². The first-order chi connectivity index (χ1) is 9.88. The fourth-order valence-corrected chi connectivity index (χ4v) is 2.01. The number of aryl methyl sites for hydroxylation is 1. The Labute approximate surface area is 130 Å². The number of hydrogen-bond donors (Lipinski definition) is 1. The van der Waals surface area contributed by atoms with Crippen LogP contribution in [0.4, 0.5) is 4.39 Å². The summed E-state index contributed by atoms with van der Waals surface area (Å²) in [7, 11) is 0. The molecule has 1 N–H and O–H groups in total. The van der Waals surface area contributed by atoms with Crippen LogP contribution < -0.4 is 5.32 Å². The third-order valence-electron chi connectivity index (χ3n) is 3.12. The Kier molecular flexibility index (Phi) is 6.38. The van der Waals surface area contributed by atoms with E-state index in [0.29, 0.717) is 10.6 Å². The Morgan fingerprint density at radius 1 is 1.48 bits per heavy atom. The first-order valence-electron chi connectivity index (χ1n) is 6.62. The van der Waals surface area contributed by atoms with Gasteiger partial charge in [-0.15, -0.1) is 0 Å². The van der Waals surface area contributed by atoms with E-state index in [4.69, 9.17) is 11.6 Å². The molecule has 0 bridgehead atoms. The number of amides is 1. The number of rotatable bonds is 5. The zero-order valence-corrected chi connectivity index (χ0v) is 13.2. The van der Waals surface area contributed by atoms with Gasteiger partial charge < -0.3 is 5.32 Å².